The van der Waals surface area contributed by atoms with E-state index in [1.807, 2.05) is 42.5 Å². The zero-order chi connectivity index (χ0) is 12.1. The largest absolute Gasteiger partial charge is 0.469 e. The maximum atomic E-state index is 11.3. The lowest BCUT2D eigenvalue weighted by molar-refractivity contribution is -0.144. The van der Waals surface area contributed by atoms with E-state index in [1.54, 1.807) is 0 Å². The third kappa shape index (κ3) is 3.17. The molecular formula is C14H16O3. The molecule has 0 aromatic heterocycles. The zero-order valence-electron chi connectivity index (χ0n) is 9.84. The van der Waals surface area contributed by atoms with Crippen molar-refractivity contribution >= 4 is 5.97 Å². The molecule has 1 aliphatic rings. The van der Waals surface area contributed by atoms with Crippen LogP contribution < -0.4 is 0 Å². The Labute approximate surface area is 101 Å². The van der Waals surface area contributed by atoms with E-state index >= 15 is 0 Å². The molecule has 2 rings (SSSR count). The summed E-state index contributed by atoms with van der Waals surface area (Å²) in [5, 5.41) is 0. The smallest absolute Gasteiger partial charge is 0.312 e. The van der Waals surface area contributed by atoms with E-state index in [0.717, 1.165) is 5.56 Å². The van der Waals surface area contributed by atoms with Gasteiger partial charge in [0.05, 0.1) is 25.7 Å². The number of hydrogen-bond donors (Lipinski definition) is 0. The van der Waals surface area contributed by atoms with Gasteiger partial charge < -0.3 is 9.47 Å². The van der Waals surface area contributed by atoms with Crippen LogP contribution in [0.3, 0.4) is 0 Å². The predicted octanol–water partition coefficient (Wildman–Crippen LogP) is 2.32. The first kappa shape index (κ1) is 11.9. The van der Waals surface area contributed by atoms with Crippen LogP contribution in [-0.2, 0) is 20.9 Å². The van der Waals surface area contributed by atoms with Crippen LogP contribution in [0.2, 0.25) is 0 Å². The van der Waals surface area contributed by atoms with Crippen LogP contribution in [0.5, 0.6) is 0 Å². The summed E-state index contributed by atoms with van der Waals surface area (Å²) in [5.41, 5.74) is 1.14. The van der Waals surface area contributed by atoms with Gasteiger partial charge in [-0.2, -0.15) is 0 Å². The van der Waals surface area contributed by atoms with Gasteiger partial charge in [-0.05, 0) is 12.0 Å². The number of benzene rings is 1. The highest BCUT2D eigenvalue weighted by Gasteiger charge is 2.25. The molecule has 17 heavy (non-hydrogen) atoms. The van der Waals surface area contributed by atoms with Crippen LogP contribution in [0.25, 0.3) is 0 Å². The molecule has 1 aromatic carbocycles. The van der Waals surface area contributed by atoms with Crippen molar-refractivity contribution in [2.45, 2.75) is 19.1 Å². The van der Waals surface area contributed by atoms with Crippen LogP contribution >= 0.6 is 0 Å². The molecule has 1 aliphatic carbocycles. The normalized spacial score (nSPS) is 22.6. The van der Waals surface area contributed by atoms with Crippen molar-refractivity contribution in [3.63, 3.8) is 0 Å². The van der Waals surface area contributed by atoms with Gasteiger partial charge in [0.15, 0.2) is 0 Å². The highest BCUT2D eigenvalue weighted by molar-refractivity contribution is 5.75. The Morgan fingerprint density at radius 3 is 2.76 bits per heavy atom. The van der Waals surface area contributed by atoms with E-state index in [0.29, 0.717) is 13.0 Å². The molecule has 90 valence electrons. The number of rotatable bonds is 4. The second-order valence-corrected chi connectivity index (χ2v) is 4.09. The number of carbonyl (C=O) groups is 1. The molecule has 3 heteroatoms. The minimum Gasteiger partial charge on any atom is -0.469 e. The molecule has 0 amide bonds. The molecule has 1 aromatic rings. The van der Waals surface area contributed by atoms with Gasteiger partial charge in [0.1, 0.15) is 0 Å². The van der Waals surface area contributed by atoms with E-state index in [4.69, 9.17) is 9.47 Å². The van der Waals surface area contributed by atoms with Crippen molar-refractivity contribution in [3.05, 3.63) is 48.0 Å². The second-order valence-electron chi connectivity index (χ2n) is 4.09. The predicted molar refractivity (Wildman–Crippen MR) is 64.3 cm³/mol. The van der Waals surface area contributed by atoms with Crippen molar-refractivity contribution in [1.29, 1.82) is 0 Å². The fourth-order valence-corrected chi connectivity index (χ4v) is 1.89. The second kappa shape index (κ2) is 5.64. The molecule has 0 N–H and O–H groups in total. The minimum absolute atomic E-state index is 0.0132. The van der Waals surface area contributed by atoms with E-state index in [-0.39, 0.29) is 18.0 Å². The van der Waals surface area contributed by atoms with Crippen molar-refractivity contribution in [3.8, 4) is 0 Å². The molecular weight excluding hydrogens is 216 g/mol. The first-order valence-electron chi connectivity index (χ1n) is 5.71. The molecule has 0 unspecified atom stereocenters. The number of methoxy groups -OCH3 is 1. The van der Waals surface area contributed by atoms with E-state index < -0.39 is 0 Å². The molecule has 0 saturated heterocycles. The molecule has 0 fully saturated rings. The zero-order valence-corrected chi connectivity index (χ0v) is 9.84. The van der Waals surface area contributed by atoms with Crippen LogP contribution in [-0.4, -0.2) is 19.2 Å². The SMILES string of the molecule is COC(=O)[C@@H]1C=C[C@H](OCc2ccccc2)C1. The lowest BCUT2D eigenvalue weighted by Gasteiger charge is -2.12. The van der Waals surface area contributed by atoms with Crippen molar-refractivity contribution < 1.29 is 14.3 Å². The van der Waals surface area contributed by atoms with Gasteiger partial charge >= 0.3 is 5.97 Å². The van der Waals surface area contributed by atoms with Crippen LogP contribution in [0.15, 0.2) is 42.5 Å². The Hall–Kier alpha value is -1.61. The highest BCUT2D eigenvalue weighted by atomic mass is 16.5. The Balaban J connectivity index is 1.80. The quantitative estimate of drug-likeness (QED) is 0.590. The number of ether oxygens (including phenoxy) is 2. The fraction of sp³-hybridized carbons (Fsp3) is 0.357. The molecule has 2 atom stereocenters. The van der Waals surface area contributed by atoms with Crippen LogP contribution in [0.4, 0.5) is 0 Å². The van der Waals surface area contributed by atoms with Crippen molar-refractivity contribution in [2.75, 3.05) is 7.11 Å². The third-order valence-corrected chi connectivity index (χ3v) is 2.86. The Bertz CT molecular complexity index is 397. The van der Waals surface area contributed by atoms with Crippen LogP contribution in [0, 0.1) is 5.92 Å². The third-order valence-electron chi connectivity index (χ3n) is 2.86. The van der Waals surface area contributed by atoms with Gasteiger partial charge in [-0.3, -0.25) is 4.79 Å². The van der Waals surface area contributed by atoms with Gasteiger partial charge in [-0.15, -0.1) is 0 Å². The average molecular weight is 232 g/mol. The summed E-state index contributed by atoms with van der Waals surface area (Å²) in [6.07, 6.45) is 4.49. The highest BCUT2D eigenvalue weighted by Crippen LogP contribution is 2.22. The lowest BCUT2D eigenvalue weighted by atomic mass is 10.1. The maximum Gasteiger partial charge on any atom is 0.312 e. The monoisotopic (exact) mass is 232 g/mol. The first-order valence-corrected chi connectivity index (χ1v) is 5.71. The van der Waals surface area contributed by atoms with Gasteiger partial charge in [-0.25, -0.2) is 0 Å². The summed E-state index contributed by atoms with van der Waals surface area (Å²) >= 11 is 0. The average Bonchev–Trinajstić information content (AvgIpc) is 2.85. The standard InChI is InChI=1S/C14H16O3/c1-16-14(15)12-7-8-13(9-12)17-10-11-5-3-2-4-6-11/h2-8,12-13H,9-10H2,1H3/t12-,13+/m1/s1. The lowest BCUT2D eigenvalue weighted by Crippen LogP contribution is -2.16. The summed E-state index contributed by atoms with van der Waals surface area (Å²) in [5.74, 6) is -0.340. The molecule has 0 heterocycles. The maximum absolute atomic E-state index is 11.3. The molecule has 0 bridgehead atoms. The fourth-order valence-electron chi connectivity index (χ4n) is 1.89. The Kier molecular flexibility index (Phi) is 3.94. The van der Waals surface area contributed by atoms with E-state index in [1.165, 1.54) is 7.11 Å². The van der Waals surface area contributed by atoms with Gasteiger partial charge in [-0.1, -0.05) is 42.5 Å². The Morgan fingerprint density at radius 2 is 2.06 bits per heavy atom. The summed E-state index contributed by atoms with van der Waals surface area (Å²) < 4.78 is 10.4. The topological polar surface area (TPSA) is 35.5 Å². The number of hydrogen-bond acceptors (Lipinski definition) is 3. The summed E-state index contributed by atoms with van der Waals surface area (Å²) in [6.45, 7) is 0.573. The van der Waals surface area contributed by atoms with E-state index in [2.05, 4.69) is 0 Å². The molecule has 3 nitrogen and oxygen atoms in total. The van der Waals surface area contributed by atoms with Gasteiger partial charge in [0, 0.05) is 0 Å². The molecule has 0 saturated carbocycles. The van der Waals surface area contributed by atoms with Gasteiger partial charge in [0.2, 0.25) is 0 Å². The summed E-state index contributed by atoms with van der Waals surface area (Å²) in [7, 11) is 1.41. The molecule has 0 aliphatic heterocycles. The first-order chi connectivity index (χ1) is 8.29. The van der Waals surface area contributed by atoms with E-state index in [9.17, 15) is 4.79 Å². The Morgan fingerprint density at radius 1 is 1.29 bits per heavy atom. The van der Waals surface area contributed by atoms with Crippen molar-refractivity contribution in [1.82, 2.24) is 0 Å². The molecule has 0 spiro atoms. The summed E-state index contributed by atoms with van der Waals surface area (Å²) in [6, 6.07) is 10.0. The number of esters is 1. The van der Waals surface area contributed by atoms with Crippen LogP contribution in [0.1, 0.15) is 12.0 Å². The van der Waals surface area contributed by atoms with Crippen molar-refractivity contribution in [2.24, 2.45) is 5.92 Å². The summed E-state index contributed by atoms with van der Waals surface area (Å²) in [4.78, 5) is 11.3. The number of carbonyl (C=O) groups excluding carboxylic acids is 1. The minimum atomic E-state index is -0.188. The van der Waals surface area contributed by atoms with Gasteiger partial charge in [0.25, 0.3) is 0 Å². The molecule has 0 radical (unpaired) electrons.